The zero-order valence-corrected chi connectivity index (χ0v) is 9.41. The van der Waals surface area contributed by atoms with Crippen molar-refractivity contribution in [2.45, 2.75) is 6.92 Å². The minimum atomic E-state index is -0.205. The lowest BCUT2D eigenvalue weighted by Crippen LogP contribution is -2.12. The number of carbonyl (C=O) groups is 1. The predicted octanol–water partition coefficient (Wildman–Crippen LogP) is 3.49. The molecule has 0 saturated carbocycles. The number of hydrogen-bond donors (Lipinski definition) is 1. The standard InChI is InChI=1S/C12H10ClNO2/c1-8-4-2-3-5-10(8)12(15)14-11-6-9(13)7-16-11/h2-7H,1H3,(H,14,15). The summed E-state index contributed by atoms with van der Waals surface area (Å²) in [5.74, 6) is 0.141. The molecule has 0 spiro atoms. The maximum absolute atomic E-state index is 11.8. The van der Waals surface area contributed by atoms with Crippen molar-refractivity contribution in [3.8, 4) is 0 Å². The molecule has 0 aliphatic rings. The minimum Gasteiger partial charge on any atom is -0.447 e. The van der Waals surface area contributed by atoms with Gasteiger partial charge in [-0.1, -0.05) is 29.8 Å². The molecule has 0 saturated heterocycles. The summed E-state index contributed by atoms with van der Waals surface area (Å²) >= 11 is 5.68. The van der Waals surface area contributed by atoms with Crippen LogP contribution in [0, 0.1) is 6.92 Å². The van der Waals surface area contributed by atoms with Gasteiger partial charge in [0.1, 0.15) is 6.26 Å². The van der Waals surface area contributed by atoms with Crippen LogP contribution in [0.2, 0.25) is 5.02 Å². The first kappa shape index (κ1) is 10.8. The molecule has 0 unspecified atom stereocenters. The van der Waals surface area contributed by atoms with E-state index in [1.807, 2.05) is 25.1 Å². The zero-order chi connectivity index (χ0) is 11.5. The second kappa shape index (κ2) is 4.41. The second-order valence-electron chi connectivity index (χ2n) is 3.40. The van der Waals surface area contributed by atoms with Crippen LogP contribution in [0.5, 0.6) is 0 Å². The highest BCUT2D eigenvalue weighted by atomic mass is 35.5. The average molecular weight is 236 g/mol. The maximum atomic E-state index is 11.8. The molecule has 0 radical (unpaired) electrons. The molecule has 1 heterocycles. The van der Waals surface area contributed by atoms with Gasteiger partial charge in [-0.15, -0.1) is 0 Å². The van der Waals surface area contributed by atoms with Gasteiger partial charge in [-0.3, -0.25) is 10.1 Å². The Bertz CT molecular complexity index is 519. The van der Waals surface area contributed by atoms with Crippen molar-refractivity contribution in [2.75, 3.05) is 5.32 Å². The Kier molecular flexibility index (Phi) is 2.97. The van der Waals surface area contributed by atoms with Crippen LogP contribution in [0.3, 0.4) is 0 Å². The van der Waals surface area contributed by atoms with Crippen molar-refractivity contribution in [2.24, 2.45) is 0 Å². The number of rotatable bonds is 2. The number of furan rings is 1. The van der Waals surface area contributed by atoms with Crippen LogP contribution in [0.4, 0.5) is 5.88 Å². The molecular weight excluding hydrogens is 226 g/mol. The van der Waals surface area contributed by atoms with Gasteiger partial charge >= 0.3 is 0 Å². The fraction of sp³-hybridized carbons (Fsp3) is 0.0833. The maximum Gasteiger partial charge on any atom is 0.258 e. The molecule has 2 aromatic rings. The van der Waals surface area contributed by atoms with Gasteiger partial charge < -0.3 is 4.42 Å². The highest BCUT2D eigenvalue weighted by Gasteiger charge is 2.10. The fourth-order valence-electron chi connectivity index (χ4n) is 1.39. The predicted molar refractivity (Wildman–Crippen MR) is 62.9 cm³/mol. The third kappa shape index (κ3) is 2.25. The normalized spacial score (nSPS) is 10.1. The molecule has 0 bridgehead atoms. The van der Waals surface area contributed by atoms with Gasteiger partial charge in [-0.25, -0.2) is 0 Å². The largest absolute Gasteiger partial charge is 0.447 e. The molecule has 82 valence electrons. The monoisotopic (exact) mass is 235 g/mol. The smallest absolute Gasteiger partial charge is 0.258 e. The lowest BCUT2D eigenvalue weighted by molar-refractivity contribution is 0.102. The molecule has 1 aromatic carbocycles. The molecule has 3 nitrogen and oxygen atoms in total. The first-order chi connectivity index (χ1) is 7.66. The molecule has 0 atom stereocenters. The van der Waals surface area contributed by atoms with Crippen molar-refractivity contribution in [3.63, 3.8) is 0 Å². The Labute approximate surface area is 98.0 Å². The van der Waals surface area contributed by atoms with Crippen LogP contribution in [-0.2, 0) is 0 Å². The number of halogens is 1. The van der Waals surface area contributed by atoms with E-state index in [0.29, 0.717) is 16.5 Å². The zero-order valence-electron chi connectivity index (χ0n) is 8.66. The number of amides is 1. The van der Waals surface area contributed by atoms with Crippen molar-refractivity contribution in [3.05, 3.63) is 52.7 Å². The molecule has 1 aromatic heterocycles. The number of carbonyl (C=O) groups excluding carboxylic acids is 1. The first-order valence-electron chi connectivity index (χ1n) is 4.78. The summed E-state index contributed by atoms with van der Waals surface area (Å²) in [5.41, 5.74) is 1.53. The Morgan fingerprint density at radius 1 is 1.38 bits per heavy atom. The quantitative estimate of drug-likeness (QED) is 0.866. The highest BCUT2D eigenvalue weighted by molar-refractivity contribution is 6.30. The van der Waals surface area contributed by atoms with Crippen LogP contribution >= 0.6 is 11.6 Å². The molecule has 2 rings (SSSR count). The molecule has 16 heavy (non-hydrogen) atoms. The first-order valence-corrected chi connectivity index (χ1v) is 5.15. The Morgan fingerprint density at radius 3 is 2.75 bits per heavy atom. The van der Waals surface area contributed by atoms with E-state index in [1.54, 1.807) is 12.1 Å². The number of aryl methyl sites for hydroxylation is 1. The molecular formula is C12H10ClNO2. The number of anilines is 1. The van der Waals surface area contributed by atoms with Crippen molar-refractivity contribution < 1.29 is 9.21 Å². The lowest BCUT2D eigenvalue weighted by atomic mass is 10.1. The summed E-state index contributed by atoms with van der Waals surface area (Å²) in [6.07, 6.45) is 1.37. The van der Waals surface area contributed by atoms with Gasteiger partial charge in [0.05, 0.1) is 5.02 Å². The van der Waals surface area contributed by atoms with E-state index in [0.717, 1.165) is 5.56 Å². The number of nitrogens with one attached hydrogen (secondary N) is 1. The molecule has 0 aliphatic carbocycles. The Balaban J connectivity index is 2.18. The summed E-state index contributed by atoms with van der Waals surface area (Å²) in [4.78, 5) is 11.8. The van der Waals surface area contributed by atoms with E-state index >= 15 is 0 Å². The van der Waals surface area contributed by atoms with Crippen LogP contribution < -0.4 is 5.32 Å². The van der Waals surface area contributed by atoms with Gasteiger partial charge in [0, 0.05) is 11.6 Å². The molecule has 0 aliphatic heterocycles. The van der Waals surface area contributed by atoms with Gasteiger partial charge in [-0.05, 0) is 18.6 Å². The van der Waals surface area contributed by atoms with Gasteiger partial charge in [0.15, 0.2) is 0 Å². The van der Waals surface area contributed by atoms with Crippen molar-refractivity contribution >= 4 is 23.4 Å². The summed E-state index contributed by atoms with van der Waals surface area (Å²) in [6.45, 7) is 1.88. The van der Waals surface area contributed by atoms with Crippen LogP contribution in [0.15, 0.2) is 41.0 Å². The lowest BCUT2D eigenvalue weighted by Gasteiger charge is -2.04. The average Bonchev–Trinajstić information content (AvgIpc) is 2.64. The highest BCUT2D eigenvalue weighted by Crippen LogP contribution is 2.18. The molecule has 0 fully saturated rings. The van der Waals surface area contributed by atoms with Gasteiger partial charge in [0.25, 0.3) is 5.91 Å². The number of hydrogen-bond acceptors (Lipinski definition) is 2. The summed E-state index contributed by atoms with van der Waals surface area (Å²) in [6, 6.07) is 8.89. The van der Waals surface area contributed by atoms with Crippen LogP contribution in [0.25, 0.3) is 0 Å². The second-order valence-corrected chi connectivity index (χ2v) is 3.83. The third-order valence-corrected chi connectivity index (χ3v) is 2.39. The molecule has 1 amide bonds. The van der Waals surface area contributed by atoms with Crippen molar-refractivity contribution in [1.82, 2.24) is 0 Å². The Morgan fingerprint density at radius 2 is 2.12 bits per heavy atom. The van der Waals surface area contributed by atoms with E-state index in [-0.39, 0.29) is 5.91 Å². The van der Waals surface area contributed by atoms with E-state index in [2.05, 4.69) is 5.32 Å². The Hall–Kier alpha value is -1.74. The number of benzene rings is 1. The molecule has 1 N–H and O–H groups in total. The summed E-state index contributed by atoms with van der Waals surface area (Å²) in [5, 5.41) is 3.09. The summed E-state index contributed by atoms with van der Waals surface area (Å²) < 4.78 is 5.03. The van der Waals surface area contributed by atoms with E-state index < -0.39 is 0 Å². The van der Waals surface area contributed by atoms with Crippen LogP contribution in [0.1, 0.15) is 15.9 Å². The fourth-order valence-corrected chi connectivity index (χ4v) is 1.53. The molecule has 4 heteroatoms. The van der Waals surface area contributed by atoms with Crippen molar-refractivity contribution in [1.29, 1.82) is 0 Å². The topological polar surface area (TPSA) is 42.2 Å². The van der Waals surface area contributed by atoms with E-state index in [4.69, 9.17) is 16.0 Å². The van der Waals surface area contributed by atoms with Gasteiger partial charge in [0.2, 0.25) is 5.88 Å². The van der Waals surface area contributed by atoms with E-state index in [1.165, 1.54) is 6.26 Å². The van der Waals surface area contributed by atoms with Gasteiger partial charge in [-0.2, -0.15) is 0 Å². The summed E-state index contributed by atoms with van der Waals surface area (Å²) in [7, 11) is 0. The van der Waals surface area contributed by atoms with E-state index in [9.17, 15) is 4.79 Å². The third-order valence-electron chi connectivity index (χ3n) is 2.19. The SMILES string of the molecule is Cc1ccccc1C(=O)Nc1cc(Cl)co1. The van der Waals surface area contributed by atoms with Crippen LogP contribution in [-0.4, -0.2) is 5.91 Å². The minimum absolute atomic E-state index is 0.205.